The minimum atomic E-state index is -0.0645. The normalized spacial score (nSPS) is 14.1. The number of amides is 1. The van der Waals surface area contributed by atoms with E-state index in [0.717, 1.165) is 50.2 Å². The summed E-state index contributed by atoms with van der Waals surface area (Å²) in [5.41, 5.74) is 1.75. The fraction of sp³-hybridized carbons (Fsp3) is 0.429. The molecular formula is C21H30IN7O. The van der Waals surface area contributed by atoms with Gasteiger partial charge >= 0.3 is 0 Å². The zero-order valence-electron chi connectivity index (χ0n) is 17.5. The number of guanidine groups is 1. The Balaban J connectivity index is 0.00000320. The highest BCUT2D eigenvalue weighted by molar-refractivity contribution is 14.0. The number of nitrogens with one attached hydrogen (secondary N) is 2. The minimum Gasteiger partial charge on any atom is -0.357 e. The highest BCUT2D eigenvalue weighted by atomic mass is 127. The third-order valence-corrected chi connectivity index (χ3v) is 4.69. The lowest BCUT2D eigenvalue weighted by Gasteiger charge is -2.36. The molecule has 162 valence electrons. The van der Waals surface area contributed by atoms with E-state index in [4.69, 9.17) is 0 Å². The molecule has 0 aliphatic carbocycles. The van der Waals surface area contributed by atoms with E-state index >= 15 is 0 Å². The number of hydrogen-bond donors (Lipinski definition) is 2. The Morgan fingerprint density at radius 2 is 1.83 bits per heavy atom. The molecule has 1 aromatic carbocycles. The second kappa shape index (κ2) is 12.3. The van der Waals surface area contributed by atoms with Crippen LogP contribution in [0, 0.1) is 6.92 Å². The molecule has 30 heavy (non-hydrogen) atoms. The number of piperazine rings is 1. The number of halogens is 1. The van der Waals surface area contributed by atoms with Gasteiger partial charge in [0.15, 0.2) is 5.96 Å². The number of benzene rings is 1. The summed E-state index contributed by atoms with van der Waals surface area (Å²) in [4.78, 5) is 30.0. The van der Waals surface area contributed by atoms with Crippen LogP contribution in [-0.2, 0) is 0 Å². The van der Waals surface area contributed by atoms with Crippen molar-refractivity contribution in [2.75, 3.05) is 50.7 Å². The van der Waals surface area contributed by atoms with E-state index < -0.39 is 0 Å². The number of hydrogen-bond acceptors (Lipinski definition) is 5. The van der Waals surface area contributed by atoms with Gasteiger partial charge in [-0.15, -0.1) is 24.0 Å². The van der Waals surface area contributed by atoms with Crippen LogP contribution in [0.4, 0.5) is 5.95 Å². The first kappa shape index (κ1) is 23.8. The zero-order valence-corrected chi connectivity index (χ0v) is 19.9. The predicted octanol–water partition coefficient (Wildman–Crippen LogP) is 1.92. The van der Waals surface area contributed by atoms with Crippen molar-refractivity contribution in [2.24, 2.45) is 4.99 Å². The molecule has 1 amide bonds. The maximum atomic E-state index is 12.2. The first-order chi connectivity index (χ1) is 14.2. The minimum absolute atomic E-state index is 0. The van der Waals surface area contributed by atoms with Crippen molar-refractivity contribution in [3.8, 4) is 0 Å². The maximum absolute atomic E-state index is 12.2. The third-order valence-electron chi connectivity index (χ3n) is 4.69. The van der Waals surface area contributed by atoms with Crippen LogP contribution in [-0.4, -0.2) is 72.5 Å². The van der Waals surface area contributed by atoms with Crippen LogP contribution in [0.5, 0.6) is 0 Å². The topological polar surface area (TPSA) is 85.8 Å². The number of carbonyl (C=O) groups is 1. The van der Waals surface area contributed by atoms with Gasteiger partial charge in [-0.2, -0.15) is 0 Å². The van der Waals surface area contributed by atoms with Crippen LogP contribution in [0.15, 0.2) is 47.7 Å². The van der Waals surface area contributed by atoms with Crippen LogP contribution in [0.2, 0.25) is 0 Å². The largest absolute Gasteiger partial charge is 0.357 e. The summed E-state index contributed by atoms with van der Waals surface area (Å²) in [6, 6.07) is 9.41. The Morgan fingerprint density at radius 1 is 1.10 bits per heavy atom. The highest BCUT2D eigenvalue weighted by Crippen LogP contribution is 2.09. The molecule has 0 spiro atoms. The Hall–Kier alpha value is -2.43. The molecule has 0 unspecified atom stereocenters. The molecule has 0 bridgehead atoms. The summed E-state index contributed by atoms with van der Waals surface area (Å²) in [7, 11) is 0. The Kier molecular flexibility index (Phi) is 9.78. The summed E-state index contributed by atoms with van der Waals surface area (Å²) in [5, 5.41) is 6.29. The second-order valence-electron chi connectivity index (χ2n) is 6.88. The summed E-state index contributed by atoms with van der Waals surface area (Å²) >= 11 is 0. The van der Waals surface area contributed by atoms with Gasteiger partial charge in [0.1, 0.15) is 0 Å². The van der Waals surface area contributed by atoms with E-state index in [2.05, 4.69) is 42.3 Å². The lowest BCUT2D eigenvalue weighted by Crippen LogP contribution is -2.53. The number of aromatic nitrogens is 2. The van der Waals surface area contributed by atoms with Gasteiger partial charge < -0.3 is 20.4 Å². The van der Waals surface area contributed by atoms with Crippen LogP contribution in [0.3, 0.4) is 0 Å². The fourth-order valence-electron chi connectivity index (χ4n) is 3.22. The molecule has 2 N–H and O–H groups in total. The van der Waals surface area contributed by atoms with E-state index in [1.165, 1.54) is 0 Å². The molecule has 8 nitrogen and oxygen atoms in total. The Morgan fingerprint density at radius 3 is 2.50 bits per heavy atom. The van der Waals surface area contributed by atoms with Crippen molar-refractivity contribution in [2.45, 2.75) is 13.8 Å². The van der Waals surface area contributed by atoms with E-state index in [9.17, 15) is 4.79 Å². The van der Waals surface area contributed by atoms with Crippen LogP contribution < -0.4 is 15.5 Å². The van der Waals surface area contributed by atoms with Gasteiger partial charge in [-0.3, -0.25) is 9.79 Å². The number of anilines is 1. The monoisotopic (exact) mass is 523 g/mol. The Labute approximate surface area is 195 Å². The molecule has 2 heterocycles. The molecular weight excluding hydrogens is 493 g/mol. The summed E-state index contributed by atoms with van der Waals surface area (Å²) < 4.78 is 0. The van der Waals surface area contributed by atoms with Gasteiger partial charge in [0.2, 0.25) is 5.95 Å². The van der Waals surface area contributed by atoms with Gasteiger partial charge in [0.05, 0.1) is 6.54 Å². The van der Waals surface area contributed by atoms with E-state index in [-0.39, 0.29) is 29.9 Å². The molecule has 1 aliphatic rings. The number of aliphatic imine (C=N–C) groups is 1. The van der Waals surface area contributed by atoms with Crippen LogP contribution in [0.1, 0.15) is 22.8 Å². The maximum Gasteiger partial charge on any atom is 0.251 e. The van der Waals surface area contributed by atoms with Crippen LogP contribution in [0.25, 0.3) is 0 Å². The fourth-order valence-corrected chi connectivity index (χ4v) is 3.22. The molecule has 3 rings (SSSR count). The zero-order chi connectivity index (χ0) is 20.5. The summed E-state index contributed by atoms with van der Waals surface area (Å²) in [6.07, 6.45) is 3.54. The standard InChI is InChI=1S/C21H29N7O.HI/c1-3-22-20(26-11-10-23-19(29)18-7-4-6-17(2)16-18)27-12-14-28(15-13-27)21-24-8-5-9-25-21;/h4-9,16H,3,10-15H2,1-2H3,(H,22,26)(H,23,29);1H. The van der Waals surface area contributed by atoms with Crippen molar-refractivity contribution in [1.29, 1.82) is 0 Å². The van der Waals surface area contributed by atoms with Gasteiger partial charge in [-0.25, -0.2) is 9.97 Å². The van der Waals surface area contributed by atoms with Gasteiger partial charge in [0.25, 0.3) is 5.91 Å². The van der Waals surface area contributed by atoms with Gasteiger partial charge in [0, 0.05) is 57.2 Å². The summed E-state index contributed by atoms with van der Waals surface area (Å²) in [6.45, 7) is 9.25. The molecule has 0 atom stereocenters. The average molecular weight is 523 g/mol. The summed E-state index contributed by atoms with van der Waals surface area (Å²) in [5.74, 6) is 1.59. The van der Waals surface area contributed by atoms with E-state index in [1.807, 2.05) is 37.3 Å². The van der Waals surface area contributed by atoms with Crippen molar-refractivity contribution in [3.05, 3.63) is 53.9 Å². The molecule has 1 fully saturated rings. The molecule has 1 aliphatic heterocycles. The highest BCUT2D eigenvalue weighted by Gasteiger charge is 2.20. The quantitative estimate of drug-likeness (QED) is 0.261. The van der Waals surface area contributed by atoms with Crippen molar-refractivity contribution >= 4 is 41.8 Å². The molecule has 2 aromatic rings. The lowest BCUT2D eigenvalue weighted by molar-refractivity contribution is 0.0954. The number of nitrogens with zero attached hydrogens (tertiary/aromatic N) is 5. The van der Waals surface area contributed by atoms with Crippen molar-refractivity contribution in [3.63, 3.8) is 0 Å². The second-order valence-corrected chi connectivity index (χ2v) is 6.88. The van der Waals surface area contributed by atoms with Crippen molar-refractivity contribution < 1.29 is 4.79 Å². The van der Waals surface area contributed by atoms with Crippen LogP contribution >= 0.6 is 24.0 Å². The lowest BCUT2D eigenvalue weighted by atomic mass is 10.1. The molecule has 9 heteroatoms. The predicted molar refractivity (Wildman–Crippen MR) is 131 cm³/mol. The first-order valence-electron chi connectivity index (χ1n) is 10.1. The Bertz CT molecular complexity index is 823. The molecule has 0 radical (unpaired) electrons. The SMILES string of the molecule is CCNC(=NCCNC(=O)c1cccc(C)c1)N1CCN(c2ncccn2)CC1.I. The van der Waals surface area contributed by atoms with Crippen molar-refractivity contribution in [1.82, 2.24) is 25.5 Å². The van der Waals surface area contributed by atoms with Gasteiger partial charge in [-0.1, -0.05) is 17.7 Å². The average Bonchev–Trinajstić information content (AvgIpc) is 2.76. The number of aryl methyl sites for hydroxylation is 1. The van der Waals surface area contributed by atoms with E-state index in [1.54, 1.807) is 12.4 Å². The third kappa shape index (κ3) is 6.82. The van der Waals surface area contributed by atoms with Gasteiger partial charge in [-0.05, 0) is 32.0 Å². The number of carbonyl (C=O) groups excluding carboxylic acids is 1. The number of rotatable bonds is 6. The molecule has 1 aromatic heterocycles. The van der Waals surface area contributed by atoms with E-state index in [0.29, 0.717) is 18.7 Å². The molecule has 1 saturated heterocycles. The first-order valence-corrected chi connectivity index (χ1v) is 10.1. The molecule has 0 saturated carbocycles. The smallest absolute Gasteiger partial charge is 0.251 e.